The topological polar surface area (TPSA) is 70.1 Å². The minimum Gasteiger partial charge on any atom is -0.480 e. The zero-order chi connectivity index (χ0) is 13.5. The van der Waals surface area contributed by atoms with Crippen LogP contribution in [0.5, 0.6) is 0 Å². The summed E-state index contributed by atoms with van der Waals surface area (Å²) in [6.45, 7) is 3.99. The maximum atomic E-state index is 12.1. The molecule has 1 aliphatic heterocycles. The lowest BCUT2D eigenvalue weighted by molar-refractivity contribution is -0.143. The van der Waals surface area contributed by atoms with Crippen molar-refractivity contribution in [2.24, 2.45) is 0 Å². The number of ether oxygens (including phenoxy) is 1. The summed E-state index contributed by atoms with van der Waals surface area (Å²) >= 11 is 0. The molecule has 0 aromatic carbocycles. The normalized spacial score (nSPS) is 19.7. The SMILES string of the molecule is CCOCCN(C)C(=O)N1CCCCC1C(=O)O. The van der Waals surface area contributed by atoms with Crippen molar-refractivity contribution in [3.05, 3.63) is 0 Å². The highest BCUT2D eigenvalue weighted by molar-refractivity contribution is 5.82. The monoisotopic (exact) mass is 258 g/mol. The third kappa shape index (κ3) is 3.87. The van der Waals surface area contributed by atoms with Crippen molar-refractivity contribution in [3.63, 3.8) is 0 Å². The van der Waals surface area contributed by atoms with Crippen molar-refractivity contribution in [3.8, 4) is 0 Å². The third-order valence-electron chi connectivity index (χ3n) is 3.14. The molecule has 1 aliphatic rings. The number of urea groups is 1. The number of nitrogens with zero attached hydrogens (tertiary/aromatic N) is 2. The Morgan fingerprint density at radius 3 is 2.78 bits per heavy atom. The van der Waals surface area contributed by atoms with Crippen molar-refractivity contribution < 1.29 is 19.4 Å². The maximum Gasteiger partial charge on any atom is 0.326 e. The fourth-order valence-electron chi connectivity index (χ4n) is 2.08. The van der Waals surface area contributed by atoms with Gasteiger partial charge in [-0.25, -0.2) is 9.59 Å². The number of likely N-dealkylation sites (N-methyl/N-ethyl adjacent to an activating group) is 1. The Hall–Kier alpha value is -1.30. The van der Waals surface area contributed by atoms with Crippen LogP contribution < -0.4 is 0 Å². The smallest absolute Gasteiger partial charge is 0.326 e. The van der Waals surface area contributed by atoms with Gasteiger partial charge in [-0.15, -0.1) is 0 Å². The average Bonchev–Trinajstić information content (AvgIpc) is 2.38. The maximum absolute atomic E-state index is 12.1. The second-order valence-electron chi connectivity index (χ2n) is 4.44. The van der Waals surface area contributed by atoms with Crippen LogP contribution in [0.25, 0.3) is 0 Å². The van der Waals surface area contributed by atoms with Gasteiger partial charge in [-0.1, -0.05) is 0 Å². The van der Waals surface area contributed by atoms with Crippen LogP contribution in [0, 0.1) is 0 Å². The number of carbonyl (C=O) groups excluding carboxylic acids is 1. The molecule has 1 atom stereocenters. The Labute approximate surface area is 107 Å². The van der Waals surface area contributed by atoms with Crippen LogP contribution in [0.15, 0.2) is 0 Å². The van der Waals surface area contributed by atoms with Crippen LogP contribution in [-0.4, -0.2) is 66.3 Å². The molecule has 0 saturated carbocycles. The van der Waals surface area contributed by atoms with Crippen molar-refractivity contribution >= 4 is 12.0 Å². The average molecular weight is 258 g/mol. The summed E-state index contributed by atoms with van der Waals surface area (Å²) in [5, 5.41) is 9.12. The van der Waals surface area contributed by atoms with Crippen LogP contribution in [0.2, 0.25) is 0 Å². The van der Waals surface area contributed by atoms with E-state index in [1.807, 2.05) is 6.92 Å². The highest BCUT2D eigenvalue weighted by Gasteiger charge is 2.33. The summed E-state index contributed by atoms with van der Waals surface area (Å²) in [7, 11) is 1.68. The molecule has 1 rings (SSSR count). The first-order chi connectivity index (χ1) is 8.57. The van der Waals surface area contributed by atoms with E-state index in [1.54, 1.807) is 7.05 Å². The lowest BCUT2D eigenvalue weighted by Gasteiger charge is -2.35. The molecular formula is C12H22N2O4. The molecular weight excluding hydrogens is 236 g/mol. The third-order valence-corrected chi connectivity index (χ3v) is 3.14. The van der Waals surface area contributed by atoms with Gasteiger partial charge in [0.2, 0.25) is 0 Å². The van der Waals surface area contributed by atoms with Gasteiger partial charge in [0.25, 0.3) is 0 Å². The summed E-state index contributed by atoms with van der Waals surface area (Å²) in [5.41, 5.74) is 0. The number of carboxylic acid groups (broad SMARTS) is 1. The molecule has 0 aromatic rings. The van der Waals surface area contributed by atoms with Gasteiger partial charge >= 0.3 is 12.0 Å². The van der Waals surface area contributed by atoms with E-state index in [2.05, 4.69) is 0 Å². The van der Waals surface area contributed by atoms with Crippen LogP contribution in [0.4, 0.5) is 4.79 Å². The summed E-state index contributed by atoms with van der Waals surface area (Å²) in [4.78, 5) is 26.2. The number of carbonyl (C=O) groups is 2. The van der Waals surface area contributed by atoms with Crippen molar-refractivity contribution in [2.75, 3.05) is 33.4 Å². The minimum atomic E-state index is -0.916. The number of hydrogen-bond donors (Lipinski definition) is 1. The van der Waals surface area contributed by atoms with Crippen LogP contribution in [0.3, 0.4) is 0 Å². The summed E-state index contributed by atoms with van der Waals surface area (Å²) in [6, 6.07) is -0.900. The first kappa shape index (κ1) is 14.8. The molecule has 0 aliphatic carbocycles. The van der Waals surface area contributed by atoms with Crippen molar-refractivity contribution in [1.29, 1.82) is 0 Å². The largest absolute Gasteiger partial charge is 0.480 e. The zero-order valence-corrected chi connectivity index (χ0v) is 11.1. The van der Waals surface area contributed by atoms with E-state index in [0.29, 0.717) is 32.7 Å². The number of rotatable bonds is 5. The molecule has 0 aromatic heterocycles. The van der Waals surface area contributed by atoms with E-state index >= 15 is 0 Å². The van der Waals surface area contributed by atoms with E-state index in [4.69, 9.17) is 9.84 Å². The number of hydrogen-bond acceptors (Lipinski definition) is 3. The molecule has 104 valence electrons. The van der Waals surface area contributed by atoms with Gasteiger partial charge in [0.1, 0.15) is 6.04 Å². The van der Waals surface area contributed by atoms with E-state index in [9.17, 15) is 9.59 Å². The molecule has 0 bridgehead atoms. The number of aliphatic carboxylic acids is 1. The van der Waals surface area contributed by atoms with Gasteiger partial charge in [0, 0.05) is 26.7 Å². The second kappa shape index (κ2) is 7.20. The standard InChI is InChI=1S/C12H22N2O4/c1-3-18-9-8-13(2)12(17)14-7-5-4-6-10(14)11(15)16/h10H,3-9H2,1-2H3,(H,15,16). The molecule has 0 radical (unpaired) electrons. The first-order valence-electron chi connectivity index (χ1n) is 6.40. The second-order valence-corrected chi connectivity index (χ2v) is 4.44. The molecule has 2 amide bonds. The van der Waals surface area contributed by atoms with Gasteiger partial charge < -0.3 is 19.6 Å². The number of carboxylic acids is 1. The van der Waals surface area contributed by atoms with Crippen LogP contribution in [-0.2, 0) is 9.53 Å². The Morgan fingerprint density at radius 2 is 2.17 bits per heavy atom. The fourth-order valence-corrected chi connectivity index (χ4v) is 2.08. The molecule has 1 fully saturated rings. The Bertz CT molecular complexity index is 296. The molecule has 1 heterocycles. The van der Waals surface area contributed by atoms with Gasteiger partial charge in [-0.05, 0) is 26.2 Å². The van der Waals surface area contributed by atoms with E-state index in [1.165, 1.54) is 9.80 Å². The molecule has 0 spiro atoms. The minimum absolute atomic E-state index is 0.221. The Kier molecular flexibility index (Phi) is 5.91. The molecule has 1 saturated heterocycles. The molecule has 1 N–H and O–H groups in total. The van der Waals surface area contributed by atoms with Gasteiger partial charge in [-0.3, -0.25) is 0 Å². The lowest BCUT2D eigenvalue weighted by atomic mass is 10.0. The molecule has 1 unspecified atom stereocenters. The number of piperidine rings is 1. The quantitative estimate of drug-likeness (QED) is 0.747. The van der Waals surface area contributed by atoms with E-state index in [-0.39, 0.29) is 6.03 Å². The first-order valence-corrected chi connectivity index (χ1v) is 6.40. The highest BCUT2D eigenvalue weighted by Crippen LogP contribution is 2.18. The van der Waals surface area contributed by atoms with E-state index in [0.717, 1.165) is 12.8 Å². The molecule has 6 heteroatoms. The Morgan fingerprint density at radius 1 is 1.44 bits per heavy atom. The van der Waals surface area contributed by atoms with Crippen molar-refractivity contribution in [2.45, 2.75) is 32.2 Å². The predicted molar refractivity (Wildman–Crippen MR) is 66.5 cm³/mol. The van der Waals surface area contributed by atoms with Crippen LogP contribution >= 0.6 is 0 Å². The zero-order valence-electron chi connectivity index (χ0n) is 11.1. The summed E-state index contributed by atoms with van der Waals surface area (Å²) < 4.78 is 5.19. The fraction of sp³-hybridized carbons (Fsp3) is 0.833. The number of likely N-dealkylation sites (tertiary alicyclic amines) is 1. The van der Waals surface area contributed by atoms with E-state index < -0.39 is 12.0 Å². The summed E-state index contributed by atoms with van der Waals surface area (Å²) in [5.74, 6) is -0.916. The lowest BCUT2D eigenvalue weighted by Crippen LogP contribution is -2.52. The molecule has 6 nitrogen and oxygen atoms in total. The van der Waals surface area contributed by atoms with Crippen molar-refractivity contribution in [1.82, 2.24) is 9.80 Å². The number of amides is 2. The summed E-state index contributed by atoms with van der Waals surface area (Å²) in [6.07, 6.45) is 2.28. The highest BCUT2D eigenvalue weighted by atomic mass is 16.5. The Balaban J connectivity index is 2.54. The van der Waals surface area contributed by atoms with Gasteiger partial charge in [-0.2, -0.15) is 0 Å². The molecule has 18 heavy (non-hydrogen) atoms. The van der Waals surface area contributed by atoms with Gasteiger partial charge in [0.05, 0.1) is 6.61 Å². The predicted octanol–water partition coefficient (Wildman–Crippen LogP) is 1.01. The van der Waals surface area contributed by atoms with Gasteiger partial charge in [0.15, 0.2) is 0 Å². The van der Waals surface area contributed by atoms with Crippen LogP contribution in [0.1, 0.15) is 26.2 Å².